The summed E-state index contributed by atoms with van der Waals surface area (Å²) in [4.78, 5) is 75.7. The van der Waals surface area contributed by atoms with E-state index in [9.17, 15) is 24.0 Å². The van der Waals surface area contributed by atoms with Crippen molar-refractivity contribution in [1.82, 2.24) is 35.2 Å². The molecular weight excluding hydrogens is 713 g/mol. The third kappa shape index (κ3) is 10.6. The van der Waals surface area contributed by atoms with Gasteiger partial charge in [-0.15, -0.1) is 0 Å². The highest BCUT2D eigenvalue weighted by Crippen LogP contribution is 2.32. The Morgan fingerprint density at radius 1 is 1.02 bits per heavy atom. The summed E-state index contributed by atoms with van der Waals surface area (Å²) in [6, 6.07) is 5.62. The van der Waals surface area contributed by atoms with Crippen LogP contribution in [0.4, 0.5) is 5.82 Å². The summed E-state index contributed by atoms with van der Waals surface area (Å²) >= 11 is 0. The van der Waals surface area contributed by atoms with Gasteiger partial charge in [0.1, 0.15) is 17.2 Å². The summed E-state index contributed by atoms with van der Waals surface area (Å²) in [5.74, 6) is 0.618. The second-order valence-corrected chi connectivity index (χ2v) is 15.3. The molecule has 4 aliphatic rings. The van der Waals surface area contributed by atoms with Crippen molar-refractivity contribution in [2.24, 2.45) is 5.92 Å². The fourth-order valence-corrected chi connectivity index (χ4v) is 7.28. The summed E-state index contributed by atoms with van der Waals surface area (Å²) in [5.41, 5.74) is 2.78. The highest BCUT2D eigenvalue weighted by Gasteiger charge is 2.31. The molecule has 0 spiro atoms. The number of anilines is 1. The number of carbonyl (C=O) groups is 5. The summed E-state index contributed by atoms with van der Waals surface area (Å²) < 4.78 is 7.80. The fourth-order valence-electron chi connectivity index (χ4n) is 7.28. The molecule has 4 amide bonds. The lowest BCUT2D eigenvalue weighted by Crippen LogP contribution is -2.41. The van der Waals surface area contributed by atoms with E-state index in [4.69, 9.17) is 9.72 Å². The number of nitrogens with one attached hydrogen (secondary N) is 3. The third-order valence-corrected chi connectivity index (χ3v) is 10.5. The van der Waals surface area contributed by atoms with Crippen LogP contribution in [-0.2, 0) is 19.2 Å². The van der Waals surface area contributed by atoms with Crippen molar-refractivity contribution in [3.8, 4) is 5.75 Å². The molecular formula is C42H54N8O6. The van der Waals surface area contributed by atoms with Crippen LogP contribution in [0.3, 0.4) is 0 Å². The van der Waals surface area contributed by atoms with Gasteiger partial charge in [-0.25, -0.2) is 9.97 Å². The van der Waals surface area contributed by atoms with Gasteiger partial charge in [-0.3, -0.25) is 29.3 Å². The average Bonchev–Trinajstić information content (AvgIpc) is 4.03. The Hall–Kier alpha value is -5.53. The number of aldehydes is 1. The highest BCUT2D eigenvalue weighted by atomic mass is 16.5. The summed E-state index contributed by atoms with van der Waals surface area (Å²) in [7, 11) is 1.73. The number of nitrogens with zero attached hydrogens (tertiary/aromatic N) is 5. The maximum Gasteiger partial charge on any atom is 0.261 e. The van der Waals surface area contributed by atoms with E-state index in [0.717, 1.165) is 55.8 Å². The van der Waals surface area contributed by atoms with Crippen molar-refractivity contribution in [2.45, 2.75) is 96.0 Å². The number of hydrogen-bond acceptors (Lipinski definition) is 10. The van der Waals surface area contributed by atoms with Gasteiger partial charge in [0.15, 0.2) is 6.29 Å². The molecule has 3 aromatic rings. The minimum absolute atomic E-state index is 0.114. The molecule has 1 unspecified atom stereocenters. The number of rotatable bonds is 12. The second kappa shape index (κ2) is 18.9. The molecule has 1 atom stereocenters. The molecule has 14 heteroatoms. The van der Waals surface area contributed by atoms with Gasteiger partial charge in [0.05, 0.1) is 29.0 Å². The van der Waals surface area contributed by atoms with Gasteiger partial charge in [-0.1, -0.05) is 25.3 Å². The summed E-state index contributed by atoms with van der Waals surface area (Å²) in [6.45, 7) is 6.72. The molecule has 1 saturated carbocycles. The smallest absolute Gasteiger partial charge is 0.261 e. The van der Waals surface area contributed by atoms with Crippen molar-refractivity contribution < 1.29 is 28.7 Å². The van der Waals surface area contributed by atoms with Gasteiger partial charge >= 0.3 is 0 Å². The Kier molecular flexibility index (Phi) is 13.5. The van der Waals surface area contributed by atoms with Crippen LogP contribution >= 0.6 is 0 Å². The number of allylic oxidation sites excluding steroid dienone is 3. The number of aromatic nitrogens is 3. The molecule has 3 aromatic heterocycles. The molecule has 3 aliphatic heterocycles. The Balaban J connectivity index is 0.00000169. The number of hydrogen-bond donors (Lipinski definition) is 3. The maximum atomic E-state index is 13.4. The Labute approximate surface area is 328 Å². The molecule has 1 aliphatic carbocycles. The van der Waals surface area contributed by atoms with E-state index in [1.54, 1.807) is 37.8 Å². The van der Waals surface area contributed by atoms with Crippen LogP contribution < -0.4 is 25.6 Å². The van der Waals surface area contributed by atoms with Gasteiger partial charge in [-0.2, -0.15) is 0 Å². The number of amides is 4. The number of imide groups is 1. The Morgan fingerprint density at radius 2 is 1.77 bits per heavy atom. The van der Waals surface area contributed by atoms with Crippen LogP contribution in [0, 0.1) is 5.92 Å². The molecule has 6 heterocycles. The van der Waals surface area contributed by atoms with Gasteiger partial charge in [0.25, 0.3) is 5.91 Å². The van der Waals surface area contributed by atoms with Crippen LogP contribution in [0.25, 0.3) is 5.65 Å². The van der Waals surface area contributed by atoms with Crippen molar-refractivity contribution >= 4 is 41.4 Å². The lowest BCUT2D eigenvalue weighted by molar-refractivity contribution is -0.135. The molecule has 14 nitrogen and oxygen atoms in total. The van der Waals surface area contributed by atoms with E-state index >= 15 is 0 Å². The van der Waals surface area contributed by atoms with E-state index in [2.05, 4.69) is 25.8 Å². The maximum absolute atomic E-state index is 13.4. The van der Waals surface area contributed by atoms with Gasteiger partial charge in [0.2, 0.25) is 17.7 Å². The quantitative estimate of drug-likeness (QED) is 0.101. The Morgan fingerprint density at radius 3 is 2.39 bits per heavy atom. The third-order valence-electron chi connectivity index (χ3n) is 10.5. The van der Waals surface area contributed by atoms with E-state index < -0.39 is 5.91 Å². The van der Waals surface area contributed by atoms with Crippen LogP contribution in [0.5, 0.6) is 5.75 Å². The van der Waals surface area contributed by atoms with Crippen LogP contribution in [0.15, 0.2) is 60.8 Å². The normalized spacial score (nSPS) is 19.4. The van der Waals surface area contributed by atoms with Gasteiger partial charge < -0.3 is 29.6 Å². The molecule has 298 valence electrons. The standard InChI is InChI=1S/C39H48N8O6.C3H6/c1-25(2)53-33-20-35-43-32(23-47(35)22-31(33)39(52)42-29(24-48)5-4-14-40-3)27-12-17-46(18-13-27)37(50)19-26-10-15-45(16-11-26)34-8-6-28(21-41-34)30-7-9-36(49)44-38(30)51;1-2-3-1/h4-6,8,14,20-27,30,40H,7,9-13,15-19H2,1-3H3,(H,42,52)(H,44,49,51);1-3H2/b14-4-,29-5+;. The fraction of sp³-hybridized carbons (Fsp3) is 0.500. The molecule has 7 rings (SSSR count). The molecule has 0 bridgehead atoms. The zero-order valence-electron chi connectivity index (χ0n) is 32.7. The van der Waals surface area contributed by atoms with Crippen molar-refractivity contribution in [3.05, 3.63) is 77.7 Å². The first-order valence-electron chi connectivity index (χ1n) is 19.9. The van der Waals surface area contributed by atoms with Crippen molar-refractivity contribution in [1.29, 1.82) is 0 Å². The van der Waals surface area contributed by atoms with Crippen molar-refractivity contribution in [2.75, 3.05) is 38.1 Å². The van der Waals surface area contributed by atoms with Crippen LogP contribution in [0.2, 0.25) is 0 Å². The monoisotopic (exact) mass is 766 g/mol. The first-order valence-corrected chi connectivity index (χ1v) is 19.9. The molecule has 0 aromatic carbocycles. The largest absolute Gasteiger partial charge is 0.490 e. The zero-order chi connectivity index (χ0) is 39.6. The molecule has 0 radical (unpaired) electrons. The average molecular weight is 767 g/mol. The first kappa shape index (κ1) is 40.1. The van der Waals surface area contributed by atoms with Crippen molar-refractivity contribution in [3.63, 3.8) is 0 Å². The molecule has 4 fully saturated rings. The second-order valence-electron chi connectivity index (χ2n) is 15.3. The highest BCUT2D eigenvalue weighted by molar-refractivity contribution is 6.01. The predicted molar refractivity (Wildman–Crippen MR) is 212 cm³/mol. The topological polar surface area (TPSA) is 167 Å². The minimum atomic E-state index is -0.469. The molecule has 56 heavy (non-hydrogen) atoms. The number of likely N-dealkylation sites (tertiary alicyclic amines) is 1. The van der Waals surface area contributed by atoms with Crippen LogP contribution in [0.1, 0.15) is 112 Å². The molecule has 3 saturated heterocycles. The lowest BCUT2D eigenvalue weighted by atomic mass is 9.90. The SMILES string of the molecule is C1CC1.CN/C=C\C=C(/C=O)NC(=O)c1cn2cc(C3CCN(C(=O)CC4CCN(c5ccc(C6CCC(=O)NC6=O)cn5)CC4)CC3)nc2cc1OC(C)C. The summed E-state index contributed by atoms with van der Waals surface area (Å²) in [5, 5.41) is 7.90. The zero-order valence-corrected chi connectivity index (χ0v) is 32.7. The van der Waals surface area contributed by atoms with E-state index in [1.165, 1.54) is 25.3 Å². The molecule has 3 N–H and O–H groups in total. The van der Waals surface area contributed by atoms with Crippen LogP contribution in [-0.4, -0.2) is 88.5 Å². The van der Waals surface area contributed by atoms with E-state index in [-0.39, 0.29) is 46.9 Å². The van der Waals surface area contributed by atoms with E-state index in [0.29, 0.717) is 56.0 Å². The number of imidazole rings is 1. The first-order chi connectivity index (χ1) is 27.1. The summed E-state index contributed by atoms with van der Waals surface area (Å²) in [6.07, 6.45) is 19.8. The Bertz CT molecular complexity index is 1930. The number of pyridine rings is 2. The number of carbonyl (C=O) groups excluding carboxylic acids is 5. The van der Waals surface area contributed by atoms with Gasteiger partial charge in [0, 0.05) is 76.6 Å². The van der Waals surface area contributed by atoms with Gasteiger partial charge in [-0.05, 0) is 81.9 Å². The number of ether oxygens (including phenoxy) is 1. The van der Waals surface area contributed by atoms with E-state index in [1.807, 2.05) is 41.5 Å². The number of piperidine rings is 3. The lowest BCUT2D eigenvalue weighted by Gasteiger charge is -2.35. The predicted octanol–water partition coefficient (Wildman–Crippen LogP) is 4.77. The number of fused-ring (bicyclic) bond motifs is 1. The minimum Gasteiger partial charge on any atom is -0.490 e.